The Morgan fingerprint density at radius 1 is 1.19 bits per heavy atom. The molecule has 0 saturated heterocycles. The molecule has 0 fully saturated rings. The third-order valence-electron chi connectivity index (χ3n) is 5.90. The second kappa shape index (κ2) is 10.6. The molecule has 1 aromatic carbocycles. The number of benzene rings is 1. The third-order valence-corrected chi connectivity index (χ3v) is 7.94. The van der Waals surface area contributed by atoms with E-state index in [0.717, 1.165) is 5.56 Å². The Balaban J connectivity index is 1.72. The number of hydrogen-bond donors (Lipinski definition) is 0. The Labute approximate surface area is 209 Å². The average Bonchev–Trinajstić information content (AvgIpc) is 3.16. The summed E-state index contributed by atoms with van der Waals surface area (Å²) in [5.74, 6) is 0.363. The number of aryl methyl sites for hydroxylation is 1. The number of aromatic nitrogens is 5. The summed E-state index contributed by atoms with van der Waals surface area (Å²) < 4.78 is 60.2. The van der Waals surface area contributed by atoms with Crippen LogP contribution >= 0.6 is 0 Å². The monoisotopic (exact) mass is 519 g/mol. The molecule has 194 valence electrons. The van der Waals surface area contributed by atoms with Gasteiger partial charge in [-0.2, -0.15) is 0 Å². The van der Waals surface area contributed by atoms with Gasteiger partial charge in [0.2, 0.25) is 0 Å². The molecular formula is C24H30FN5O5S. The highest BCUT2D eigenvalue weighted by atomic mass is 32.2. The molecule has 0 aliphatic carbocycles. The molecule has 0 unspecified atom stereocenters. The summed E-state index contributed by atoms with van der Waals surface area (Å²) >= 11 is 0. The highest BCUT2D eigenvalue weighted by molar-refractivity contribution is 7.91. The van der Waals surface area contributed by atoms with Crippen LogP contribution in [0.2, 0.25) is 0 Å². The van der Waals surface area contributed by atoms with Crippen molar-refractivity contribution in [3.05, 3.63) is 53.6 Å². The van der Waals surface area contributed by atoms with Gasteiger partial charge in [-0.1, -0.05) is 0 Å². The van der Waals surface area contributed by atoms with Crippen molar-refractivity contribution in [2.75, 3.05) is 20.3 Å². The van der Waals surface area contributed by atoms with Crippen molar-refractivity contribution >= 4 is 9.84 Å². The first kappa shape index (κ1) is 26.1. The van der Waals surface area contributed by atoms with E-state index in [4.69, 9.17) is 14.2 Å². The highest BCUT2D eigenvalue weighted by Crippen LogP contribution is 2.36. The summed E-state index contributed by atoms with van der Waals surface area (Å²) in [6.45, 7) is 7.47. The first-order valence-corrected chi connectivity index (χ1v) is 13.3. The van der Waals surface area contributed by atoms with Gasteiger partial charge in [-0.05, 0) is 51.5 Å². The average molecular weight is 520 g/mol. The van der Waals surface area contributed by atoms with Gasteiger partial charge in [0.1, 0.15) is 35.9 Å². The van der Waals surface area contributed by atoms with Gasteiger partial charge >= 0.3 is 0 Å². The lowest BCUT2D eigenvalue weighted by molar-refractivity contribution is 0.00140. The maximum atomic E-state index is 14.1. The quantitative estimate of drug-likeness (QED) is 0.420. The molecule has 36 heavy (non-hydrogen) atoms. The Hall–Kier alpha value is -2.96. The van der Waals surface area contributed by atoms with E-state index < -0.39 is 38.8 Å². The fourth-order valence-electron chi connectivity index (χ4n) is 4.09. The van der Waals surface area contributed by atoms with Gasteiger partial charge < -0.3 is 18.8 Å². The van der Waals surface area contributed by atoms with Crippen LogP contribution < -0.4 is 4.74 Å². The van der Waals surface area contributed by atoms with E-state index >= 15 is 0 Å². The van der Waals surface area contributed by atoms with Gasteiger partial charge in [0.15, 0.2) is 21.5 Å². The molecule has 2 aromatic heterocycles. The number of sulfone groups is 1. The number of nitrogens with zero attached hydrogens (tertiary/aromatic N) is 5. The summed E-state index contributed by atoms with van der Waals surface area (Å²) in [5, 5.41) is 7.44. The first-order valence-electron chi connectivity index (χ1n) is 11.6. The van der Waals surface area contributed by atoms with Crippen molar-refractivity contribution in [3.8, 4) is 17.1 Å². The molecule has 0 N–H and O–H groups in total. The lowest BCUT2D eigenvalue weighted by Gasteiger charge is -2.25. The number of fused-ring (bicyclic) bond motifs is 3. The van der Waals surface area contributed by atoms with E-state index in [0.29, 0.717) is 23.0 Å². The number of ether oxygens (including phenoxy) is 3. The zero-order valence-corrected chi connectivity index (χ0v) is 21.7. The molecule has 3 atom stereocenters. The van der Waals surface area contributed by atoms with E-state index in [9.17, 15) is 12.8 Å². The largest absolute Gasteiger partial charge is 0.491 e. The van der Waals surface area contributed by atoms with Crippen molar-refractivity contribution in [1.29, 1.82) is 0 Å². The Kier molecular flexibility index (Phi) is 7.67. The topological polar surface area (TPSA) is 118 Å². The summed E-state index contributed by atoms with van der Waals surface area (Å²) in [7, 11) is -2.30. The maximum absolute atomic E-state index is 14.1. The molecule has 0 amide bonds. The summed E-state index contributed by atoms with van der Waals surface area (Å²) in [4.78, 5) is 8.63. The molecule has 4 rings (SSSR count). The summed E-state index contributed by atoms with van der Waals surface area (Å²) in [6.07, 6.45) is 2.12. The fraction of sp³-hybridized carbons (Fsp3) is 0.500. The smallest absolute Gasteiger partial charge is 0.168 e. The van der Waals surface area contributed by atoms with Crippen LogP contribution in [0.5, 0.6) is 5.75 Å². The molecule has 0 bridgehead atoms. The van der Waals surface area contributed by atoms with Crippen LogP contribution in [0, 0.1) is 12.7 Å². The van der Waals surface area contributed by atoms with Crippen LogP contribution in [-0.2, 0) is 25.1 Å². The number of methoxy groups -OCH3 is 1. The molecule has 12 heteroatoms. The van der Waals surface area contributed by atoms with Crippen molar-refractivity contribution < 1.29 is 27.0 Å². The standard InChI is InChI=1S/C24H30FN5O5S/c1-14(2)35-22(23-26-9-15(3)10-27-23)16(4)36(31,32)13-21-28-29-24-19-8-17(25)6-7-20(19)34-12-18(11-33-5)30(21)24/h6-10,14,16,18,22H,11-13H2,1-5H3/t16-,18+,22+/m0/s1. The third kappa shape index (κ3) is 5.40. The lowest BCUT2D eigenvalue weighted by Crippen LogP contribution is -2.32. The van der Waals surface area contributed by atoms with Gasteiger partial charge in [0.05, 0.1) is 29.6 Å². The summed E-state index contributed by atoms with van der Waals surface area (Å²) in [5.41, 5.74) is 1.25. The Bertz CT molecular complexity index is 1310. The van der Waals surface area contributed by atoms with E-state index in [2.05, 4.69) is 20.2 Å². The van der Waals surface area contributed by atoms with Crippen LogP contribution in [0.25, 0.3) is 11.4 Å². The molecule has 0 spiro atoms. The molecule has 1 aliphatic rings. The van der Waals surface area contributed by atoms with E-state index in [1.807, 2.05) is 20.8 Å². The van der Waals surface area contributed by atoms with Crippen molar-refractivity contribution in [2.24, 2.45) is 0 Å². The molecular weight excluding hydrogens is 489 g/mol. The van der Waals surface area contributed by atoms with Gasteiger partial charge in [0, 0.05) is 19.5 Å². The van der Waals surface area contributed by atoms with E-state index in [-0.39, 0.29) is 25.1 Å². The van der Waals surface area contributed by atoms with Crippen molar-refractivity contribution in [2.45, 2.75) is 56.9 Å². The molecule has 0 saturated carbocycles. The second-order valence-corrected chi connectivity index (χ2v) is 11.5. The van der Waals surface area contributed by atoms with Crippen LogP contribution in [-0.4, -0.2) is 64.8 Å². The van der Waals surface area contributed by atoms with Crippen LogP contribution in [0.15, 0.2) is 30.6 Å². The van der Waals surface area contributed by atoms with Gasteiger partial charge in [-0.15, -0.1) is 10.2 Å². The zero-order valence-electron chi connectivity index (χ0n) is 20.9. The van der Waals surface area contributed by atoms with Gasteiger partial charge in [-0.25, -0.2) is 22.8 Å². The fourth-order valence-corrected chi connectivity index (χ4v) is 5.47. The zero-order chi connectivity index (χ0) is 26.0. The molecule has 0 radical (unpaired) electrons. The number of halogens is 1. The molecule has 3 aromatic rings. The molecule has 3 heterocycles. The predicted octanol–water partition coefficient (Wildman–Crippen LogP) is 3.23. The van der Waals surface area contributed by atoms with Crippen LogP contribution in [0.1, 0.15) is 50.1 Å². The normalized spacial score (nSPS) is 17.1. The Morgan fingerprint density at radius 3 is 2.58 bits per heavy atom. The lowest BCUT2D eigenvalue weighted by atomic mass is 10.2. The van der Waals surface area contributed by atoms with Crippen LogP contribution in [0.4, 0.5) is 4.39 Å². The van der Waals surface area contributed by atoms with E-state index in [1.54, 1.807) is 23.9 Å². The summed E-state index contributed by atoms with van der Waals surface area (Å²) in [6, 6.07) is 3.70. The second-order valence-electron chi connectivity index (χ2n) is 9.11. The minimum atomic E-state index is -3.84. The van der Waals surface area contributed by atoms with Crippen molar-refractivity contribution in [1.82, 2.24) is 24.7 Å². The van der Waals surface area contributed by atoms with Crippen LogP contribution in [0.3, 0.4) is 0 Å². The Morgan fingerprint density at radius 2 is 1.92 bits per heavy atom. The minimum Gasteiger partial charge on any atom is -0.491 e. The predicted molar refractivity (Wildman–Crippen MR) is 130 cm³/mol. The maximum Gasteiger partial charge on any atom is 0.168 e. The van der Waals surface area contributed by atoms with E-state index in [1.165, 1.54) is 25.3 Å². The highest BCUT2D eigenvalue weighted by Gasteiger charge is 2.37. The minimum absolute atomic E-state index is 0.177. The number of hydrogen-bond acceptors (Lipinski definition) is 9. The molecule has 10 nitrogen and oxygen atoms in total. The molecule has 1 aliphatic heterocycles. The SMILES string of the molecule is COC[C@@H]1COc2ccc(F)cc2-c2nnc(CS(=O)(=O)[C@@H](C)[C@@H](OC(C)C)c3ncc(C)cn3)n21. The first-order chi connectivity index (χ1) is 17.1. The van der Waals surface area contributed by atoms with Gasteiger partial charge in [0.25, 0.3) is 0 Å². The van der Waals surface area contributed by atoms with Crippen molar-refractivity contribution in [3.63, 3.8) is 0 Å². The number of rotatable bonds is 9. The van der Waals surface area contributed by atoms with Gasteiger partial charge in [-0.3, -0.25) is 0 Å².